The van der Waals surface area contributed by atoms with Gasteiger partial charge in [-0.05, 0) is 64.2 Å². The van der Waals surface area contributed by atoms with Crippen LogP contribution < -0.4 is 11.1 Å². The lowest BCUT2D eigenvalue weighted by atomic mass is 10.1. The van der Waals surface area contributed by atoms with E-state index in [1.807, 2.05) is 6.08 Å². The van der Waals surface area contributed by atoms with Crippen LogP contribution >= 0.6 is 7.82 Å². The minimum Gasteiger partial charge on any atom is -0.387 e. The number of nitrogens with two attached hydrogens (primary N) is 1. The number of carbonyl (C=O) groups excluding carboxylic acids is 1. The lowest BCUT2D eigenvalue weighted by Crippen LogP contribution is -2.45. The van der Waals surface area contributed by atoms with E-state index in [4.69, 9.17) is 14.8 Å². The Morgan fingerprint density at radius 2 is 1.08 bits per heavy atom. The van der Waals surface area contributed by atoms with Crippen LogP contribution in [-0.2, 0) is 18.4 Å². The number of hydrogen-bond donors (Lipinski definition) is 4. The summed E-state index contributed by atoms with van der Waals surface area (Å²) >= 11 is 0. The van der Waals surface area contributed by atoms with Crippen molar-refractivity contribution in [3.05, 3.63) is 48.6 Å². The summed E-state index contributed by atoms with van der Waals surface area (Å²) in [4.78, 5) is 22.7. The molecule has 0 aliphatic heterocycles. The number of nitrogens with one attached hydrogen (secondary N) is 1. The van der Waals surface area contributed by atoms with Crippen LogP contribution in [0.1, 0.15) is 187 Å². The molecular formula is C43H81N2O6P. The van der Waals surface area contributed by atoms with Crippen LogP contribution in [0.5, 0.6) is 0 Å². The number of allylic oxidation sites excluding steroid dienone is 7. The minimum absolute atomic E-state index is 0.0713. The Bertz CT molecular complexity index is 954. The Hall–Kier alpha value is -1.54. The van der Waals surface area contributed by atoms with Crippen molar-refractivity contribution in [2.75, 3.05) is 19.8 Å². The number of hydrogen-bond acceptors (Lipinski definition) is 6. The van der Waals surface area contributed by atoms with Crippen molar-refractivity contribution in [3.63, 3.8) is 0 Å². The standard InChI is InChI=1S/C43H81N2O6P/c1-3-5-7-9-11-13-15-17-19-21-23-25-27-29-31-33-35-37-43(47)45-41(40-51-52(48,49)50-39-38-44)42(46)36-34-32-30-28-26-24-22-20-18-16-14-12-10-8-6-4-2/h11,13,17,19,26,28,34,36,41-42,46H,3-10,12,14-16,18,20-25,27,29-33,35,37-40,44H2,1-2H3,(H,45,47)(H,48,49)/b13-11-,19-17-,28-26+,36-34+. The van der Waals surface area contributed by atoms with Crippen LogP contribution in [0, 0.1) is 0 Å². The largest absolute Gasteiger partial charge is 0.472 e. The molecule has 52 heavy (non-hydrogen) atoms. The lowest BCUT2D eigenvalue weighted by molar-refractivity contribution is -0.123. The van der Waals surface area contributed by atoms with Crippen molar-refractivity contribution in [2.45, 2.75) is 199 Å². The first kappa shape index (κ1) is 50.5. The smallest absolute Gasteiger partial charge is 0.387 e. The lowest BCUT2D eigenvalue weighted by Gasteiger charge is -2.23. The number of unbranched alkanes of at least 4 members (excludes halogenated alkanes) is 21. The van der Waals surface area contributed by atoms with E-state index in [0.717, 1.165) is 57.8 Å². The van der Waals surface area contributed by atoms with Gasteiger partial charge < -0.3 is 21.1 Å². The Morgan fingerprint density at radius 3 is 1.63 bits per heavy atom. The molecule has 0 spiro atoms. The predicted octanol–water partition coefficient (Wildman–Crippen LogP) is 11.7. The van der Waals surface area contributed by atoms with E-state index in [1.54, 1.807) is 6.08 Å². The second-order valence-electron chi connectivity index (χ2n) is 14.2. The Morgan fingerprint density at radius 1 is 0.635 bits per heavy atom. The molecular weight excluding hydrogens is 671 g/mol. The second-order valence-corrected chi connectivity index (χ2v) is 15.6. The number of phosphoric acid groups is 1. The number of rotatable bonds is 39. The molecule has 8 nitrogen and oxygen atoms in total. The molecule has 0 bridgehead atoms. The van der Waals surface area contributed by atoms with Gasteiger partial charge in [-0.1, -0.05) is 165 Å². The Kier molecular flexibility index (Phi) is 38.0. The zero-order valence-electron chi connectivity index (χ0n) is 33.5. The van der Waals surface area contributed by atoms with E-state index in [-0.39, 0.29) is 25.7 Å². The van der Waals surface area contributed by atoms with Crippen LogP contribution in [0.3, 0.4) is 0 Å². The summed E-state index contributed by atoms with van der Waals surface area (Å²) in [5.41, 5.74) is 5.37. The molecule has 0 heterocycles. The second kappa shape index (κ2) is 39.2. The van der Waals surface area contributed by atoms with E-state index in [2.05, 4.69) is 55.6 Å². The van der Waals surface area contributed by atoms with Crippen molar-refractivity contribution in [2.24, 2.45) is 5.73 Å². The highest BCUT2D eigenvalue weighted by Gasteiger charge is 2.26. The maximum absolute atomic E-state index is 12.7. The number of amides is 1. The van der Waals surface area contributed by atoms with E-state index in [0.29, 0.717) is 6.42 Å². The van der Waals surface area contributed by atoms with Gasteiger partial charge in [0, 0.05) is 13.0 Å². The maximum atomic E-state index is 12.7. The molecule has 0 aliphatic rings. The highest BCUT2D eigenvalue weighted by molar-refractivity contribution is 7.47. The molecule has 0 saturated carbocycles. The molecule has 0 aromatic heterocycles. The van der Waals surface area contributed by atoms with Crippen LogP contribution in [0.4, 0.5) is 0 Å². The first-order valence-electron chi connectivity index (χ1n) is 21.3. The quantitative estimate of drug-likeness (QED) is 0.0279. The third-order valence-corrected chi connectivity index (χ3v) is 10.1. The van der Waals surface area contributed by atoms with Crippen molar-refractivity contribution in [1.29, 1.82) is 0 Å². The molecule has 0 aromatic carbocycles. The van der Waals surface area contributed by atoms with Gasteiger partial charge in [-0.15, -0.1) is 0 Å². The first-order valence-corrected chi connectivity index (χ1v) is 22.8. The SMILES string of the molecule is CCCCC/C=C\C/C=C\CCCCCCCCCC(=O)NC(COP(=O)(O)OCCN)C(O)/C=C/CC/C=C/CCCCCCCCCCCC. The third kappa shape index (κ3) is 36.8. The van der Waals surface area contributed by atoms with Crippen LogP contribution in [0.15, 0.2) is 48.6 Å². The van der Waals surface area contributed by atoms with Crippen LogP contribution in [0.25, 0.3) is 0 Å². The van der Waals surface area contributed by atoms with Gasteiger partial charge in [-0.2, -0.15) is 0 Å². The van der Waals surface area contributed by atoms with Gasteiger partial charge in [0.15, 0.2) is 0 Å². The van der Waals surface area contributed by atoms with Gasteiger partial charge in [-0.3, -0.25) is 13.8 Å². The molecule has 0 aromatic rings. The van der Waals surface area contributed by atoms with Gasteiger partial charge >= 0.3 is 7.82 Å². The molecule has 1 amide bonds. The van der Waals surface area contributed by atoms with Gasteiger partial charge in [0.25, 0.3) is 0 Å². The average molecular weight is 753 g/mol. The molecule has 5 N–H and O–H groups in total. The number of aliphatic hydroxyl groups excluding tert-OH is 1. The third-order valence-electron chi connectivity index (χ3n) is 9.13. The zero-order valence-corrected chi connectivity index (χ0v) is 34.4. The fourth-order valence-electron chi connectivity index (χ4n) is 5.88. The summed E-state index contributed by atoms with van der Waals surface area (Å²) in [5.74, 6) is -0.214. The van der Waals surface area contributed by atoms with Crippen molar-refractivity contribution in [3.8, 4) is 0 Å². The van der Waals surface area contributed by atoms with Gasteiger partial charge in [0.2, 0.25) is 5.91 Å². The zero-order chi connectivity index (χ0) is 38.2. The van der Waals surface area contributed by atoms with Gasteiger partial charge in [-0.25, -0.2) is 4.57 Å². The monoisotopic (exact) mass is 753 g/mol. The summed E-state index contributed by atoms with van der Waals surface area (Å²) in [6.07, 6.45) is 47.3. The van der Waals surface area contributed by atoms with E-state index < -0.39 is 20.0 Å². The van der Waals surface area contributed by atoms with Gasteiger partial charge in [0.05, 0.1) is 25.4 Å². The van der Waals surface area contributed by atoms with Gasteiger partial charge in [0.1, 0.15) is 0 Å². The fourth-order valence-corrected chi connectivity index (χ4v) is 6.64. The number of phosphoric ester groups is 1. The molecule has 0 rings (SSSR count). The van der Waals surface area contributed by atoms with E-state index in [9.17, 15) is 19.4 Å². The van der Waals surface area contributed by atoms with Crippen LogP contribution in [0.2, 0.25) is 0 Å². The Labute approximate surface area is 320 Å². The summed E-state index contributed by atoms with van der Waals surface area (Å²) in [5, 5.41) is 13.6. The number of carbonyl (C=O) groups is 1. The van der Waals surface area contributed by atoms with Crippen molar-refractivity contribution in [1.82, 2.24) is 5.32 Å². The molecule has 0 aliphatic carbocycles. The summed E-state index contributed by atoms with van der Waals surface area (Å²) in [7, 11) is -4.35. The molecule has 9 heteroatoms. The highest BCUT2D eigenvalue weighted by atomic mass is 31.2. The molecule has 0 saturated heterocycles. The fraction of sp³-hybridized carbons (Fsp3) is 0.791. The molecule has 3 atom stereocenters. The molecule has 304 valence electrons. The summed E-state index contributed by atoms with van der Waals surface area (Å²) in [6, 6.07) is -0.881. The highest BCUT2D eigenvalue weighted by Crippen LogP contribution is 2.43. The number of aliphatic hydroxyl groups is 1. The summed E-state index contributed by atoms with van der Waals surface area (Å²) < 4.78 is 22.1. The van der Waals surface area contributed by atoms with E-state index in [1.165, 1.54) is 109 Å². The van der Waals surface area contributed by atoms with E-state index >= 15 is 0 Å². The average Bonchev–Trinajstić information content (AvgIpc) is 3.13. The summed E-state index contributed by atoms with van der Waals surface area (Å²) in [6.45, 7) is 4.07. The van der Waals surface area contributed by atoms with Crippen molar-refractivity contribution >= 4 is 13.7 Å². The molecule has 0 radical (unpaired) electrons. The topological polar surface area (TPSA) is 131 Å². The maximum Gasteiger partial charge on any atom is 0.472 e. The molecule has 0 fully saturated rings. The van der Waals surface area contributed by atoms with Crippen LogP contribution in [-0.4, -0.2) is 47.8 Å². The molecule has 3 unspecified atom stereocenters. The first-order chi connectivity index (χ1) is 25.4. The Balaban J connectivity index is 4.31. The van der Waals surface area contributed by atoms with Crippen molar-refractivity contribution < 1.29 is 28.4 Å². The normalized spacial score (nSPS) is 14.6. The minimum atomic E-state index is -4.35. The predicted molar refractivity (Wildman–Crippen MR) is 221 cm³/mol.